The summed E-state index contributed by atoms with van der Waals surface area (Å²) in [6, 6.07) is 3.47. The van der Waals surface area contributed by atoms with Crippen LogP contribution in [0.25, 0.3) is 0 Å². The van der Waals surface area contributed by atoms with Crippen LogP contribution in [0.1, 0.15) is 30.6 Å². The first-order chi connectivity index (χ1) is 10.8. The van der Waals surface area contributed by atoms with E-state index in [2.05, 4.69) is 13.8 Å². The van der Waals surface area contributed by atoms with Crippen molar-refractivity contribution >= 4 is 18.3 Å². The Balaban J connectivity index is 0.00000288. The van der Waals surface area contributed by atoms with Crippen molar-refractivity contribution in [3.05, 3.63) is 17.7 Å². The van der Waals surface area contributed by atoms with Crippen molar-refractivity contribution in [3.8, 4) is 17.2 Å². The van der Waals surface area contributed by atoms with Crippen LogP contribution in [0, 0.1) is 5.41 Å². The Hall–Kier alpha value is -1.66. The Morgan fingerprint density at radius 2 is 1.71 bits per heavy atom. The van der Waals surface area contributed by atoms with Crippen LogP contribution in [0.15, 0.2) is 12.1 Å². The standard InChI is InChI=1S/C17H26N2O4.ClH/c1-17(2)10-19(7-6-14(17)18)16(20)11-8-12(21-3)15(23-5)13(9-11)22-4;/h8-9,14H,6-7,10,18H2,1-5H3;1H. The molecular formula is C17H27ClN2O4. The molecule has 1 amide bonds. The average Bonchev–Trinajstić information content (AvgIpc) is 2.55. The molecule has 0 saturated carbocycles. The van der Waals surface area contributed by atoms with Gasteiger partial charge in [-0.3, -0.25) is 4.79 Å². The van der Waals surface area contributed by atoms with Gasteiger partial charge in [0.25, 0.3) is 5.91 Å². The Bertz CT molecular complexity index is 567. The van der Waals surface area contributed by atoms with E-state index < -0.39 is 0 Å². The Kier molecular flexibility index (Phi) is 6.75. The zero-order valence-electron chi connectivity index (χ0n) is 14.9. The second-order valence-corrected chi connectivity index (χ2v) is 6.52. The summed E-state index contributed by atoms with van der Waals surface area (Å²) in [5.41, 5.74) is 6.56. The molecule has 6 nitrogen and oxygen atoms in total. The first kappa shape index (κ1) is 20.4. The number of ether oxygens (including phenoxy) is 3. The predicted molar refractivity (Wildman–Crippen MR) is 95.6 cm³/mol. The summed E-state index contributed by atoms with van der Waals surface area (Å²) in [5.74, 6) is 1.38. The summed E-state index contributed by atoms with van der Waals surface area (Å²) in [5, 5.41) is 0. The number of likely N-dealkylation sites (tertiary alicyclic amines) is 1. The number of amides is 1. The highest BCUT2D eigenvalue weighted by Gasteiger charge is 2.36. The molecule has 1 unspecified atom stereocenters. The van der Waals surface area contributed by atoms with Gasteiger partial charge in [0.05, 0.1) is 21.3 Å². The molecule has 1 heterocycles. The zero-order valence-corrected chi connectivity index (χ0v) is 15.7. The maximum atomic E-state index is 12.9. The zero-order chi connectivity index (χ0) is 17.2. The number of rotatable bonds is 4. The molecule has 2 rings (SSSR count). The average molecular weight is 359 g/mol. The summed E-state index contributed by atoms with van der Waals surface area (Å²) >= 11 is 0. The summed E-state index contributed by atoms with van der Waals surface area (Å²) in [6.07, 6.45) is 0.795. The minimum Gasteiger partial charge on any atom is -0.493 e. The number of benzene rings is 1. The van der Waals surface area contributed by atoms with Crippen LogP contribution in [0.2, 0.25) is 0 Å². The molecule has 0 spiro atoms. The maximum absolute atomic E-state index is 12.9. The minimum absolute atomic E-state index is 0. The van der Waals surface area contributed by atoms with E-state index in [-0.39, 0.29) is 29.8 Å². The van der Waals surface area contributed by atoms with Crippen molar-refractivity contribution in [1.29, 1.82) is 0 Å². The number of halogens is 1. The first-order valence-corrected chi connectivity index (χ1v) is 7.69. The number of hydrogen-bond donors (Lipinski definition) is 1. The van der Waals surface area contributed by atoms with Gasteiger partial charge in [-0.15, -0.1) is 12.4 Å². The van der Waals surface area contributed by atoms with Crippen molar-refractivity contribution < 1.29 is 19.0 Å². The lowest BCUT2D eigenvalue weighted by Crippen LogP contribution is -2.54. The van der Waals surface area contributed by atoms with Gasteiger partial charge >= 0.3 is 0 Å². The van der Waals surface area contributed by atoms with Crippen LogP contribution < -0.4 is 19.9 Å². The molecule has 1 aliphatic heterocycles. The lowest BCUT2D eigenvalue weighted by atomic mass is 9.79. The van der Waals surface area contributed by atoms with Crippen LogP contribution in [0.3, 0.4) is 0 Å². The highest BCUT2D eigenvalue weighted by Crippen LogP contribution is 2.39. The van der Waals surface area contributed by atoms with Crippen LogP contribution >= 0.6 is 12.4 Å². The fourth-order valence-electron chi connectivity index (χ4n) is 2.93. The predicted octanol–water partition coefficient (Wildman–Crippen LogP) is 2.33. The van der Waals surface area contributed by atoms with Crippen LogP contribution in [-0.4, -0.2) is 51.3 Å². The van der Waals surface area contributed by atoms with Gasteiger partial charge < -0.3 is 24.8 Å². The fraction of sp³-hybridized carbons (Fsp3) is 0.588. The molecule has 7 heteroatoms. The topological polar surface area (TPSA) is 74.0 Å². The number of carbonyl (C=O) groups excluding carboxylic acids is 1. The molecule has 1 aliphatic rings. The molecule has 0 aromatic heterocycles. The lowest BCUT2D eigenvalue weighted by molar-refractivity contribution is 0.0532. The number of carbonyl (C=O) groups is 1. The number of nitrogens with zero attached hydrogens (tertiary/aromatic N) is 1. The molecular weight excluding hydrogens is 332 g/mol. The number of nitrogens with two attached hydrogens (primary N) is 1. The molecule has 0 bridgehead atoms. The molecule has 1 saturated heterocycles. The molecule has 2 N–H and O–H groups in total. The van der Waals surface area contributed by atoms with E-state index in [0.29, 0.717) is 35.9 Å². The van der Waals surface area contributed by atoms with Crippen LogP contribution in [-0.2, 0) is 0 Å². The third-order valence-electron chi connectivity index (χ3n) is 4.51. The summed E-state index contributed by atoms with van der Waals surface area (Å²) in [7, 11) is 4.61. The van der Waals surface area contributed by atoms with Crippen LogP contribution in [0.5, 0.6) is 17.2 Å². The number of methoxy groups -OCH3 is 3. The second-order valence-electron chi connectivity index (χ2n) is 6.52. The third-order valence-corrected chi connectivity index (χ3v) is 4.51. The van der Waals surface area contributed by atoms with E-state index in [0.717, 1.165) is 6.42 Å². The Morgan fingerprint density at radius 3 is 2.12 bits per heavy atom. The van der Waals surface area contributed by atoms with Crippen molar-refractivity contribution in [2.75, 3.05) is 34.4 Å². The quantitative estimate of drug-likeness (QED) is 0.894. The molecule has 1 atom stereocenters. The van der Waals surface area contributed by atoms with Crippen LogP contribution in [0.4, 0.5) is 0 Å². The van der Waals surface area contributed by atoms with E-state index in [1.54, 1.807) is 12.1 Å². The van der Waals surface area contributed by atoms with E-state index in [9.17, 15) is 4.79 Å². The van der Waals surface area contributed by atoms with E-state index >= 15 is 0 Å². The van der Waals surface area contributed by atoms with Crippen molar-refractivity contribution in [2.45, 2.75) is 26.3 Å². The van der Waals surface area contributed by atoms with Gasteiger partial charge in [0, 0.05) is 24.7 Å². The Labute approximate surface area is 149 Å². The molecule has 1 aromatic rings. The highest BCUT2D eigenvalue weighted by molar-refractivity contribution is 5.95. The van der Waals surface area contributed by atoms with Gasteiger partial charge in [0.1, 0.15) is 0 Å². The number of piperidine rings is 1. The van der Waals surface area contributed by atoms with E-state index in [1.807, 2.05) is 4.90 Å². The van der Waals surface area contributed by atoms with Gasteiger partial charge in [-0.05, 0) is 24.0 Å². The molecule has 0 aliphatic carbocycles. The summed E-state index contributed by atoms with van der Waals surface area (Å²) in [4.78, 5) is 14.7. The summed E-state index contributed by atoms with van der Waals surface area (Å²) in [6.45, 7) is 5.46. The maximum Gasteiger partial charge on any atom is 0.254 e. The molecule has 24 heavy (non-hydrogen) atoms. The highest BCUT2D eigenvalue weighted by atomic mass is 35.5. The molecule has 1 aromatic carbocycles. The smallest absolute Gasteiger partial charge is 0.254 e. The van der Waals surface area contributed by atoms with Gasteiger partial charge in [0.15, 0.2) is 11.5 Å². The van der Waals surface area contributed by atoms with Crippen molar-refractivity contribution in [3.63, 3.8) is 0 Å². The second kappa shape index (κ2) is 7.94. The molecule has 1 fully saturated rings. The number of hydrogen-bond acceptors (Lipinski definition) is 5. The van der Waals surface area contributed by atoms with Crippen molar-refractivity contribution in [1.82, 2.24) is 4.90 Å². The van der Waals surface area contributed by atoms with Gasteiger partial charge in [-0.25, -0.2) is 0 Å². The Morgan fingerprint density at radius 1 is 1.17 bits per heavy atom. The summed E-state index contributed by atoms with van der Waals surface area (Å²) < 4.78 is 15.9. The monoisotopic (exact) mass is 358 g/mol. The molecule has 136 valence electrons. The third kappa shape index (κ3) is 3.87. The van der Waals surface area contributed by atoms with Crippen molar-refractivity contribution in [2.24, 2.45) is 11.1 Å². The SMILES string of the molecule is COc1cc(C(=O)N2CCC(N)C(C)(C)C2)cc(OC)c1OC.Cl. The fourth-order valence-corrected chi connectivity index (χ4v) is 2.93. The minimum atomic E-state index is -0.103. The van der Waals surface area contributed by atoms with E-state index in [1.165, 1.54) is 21.3 Å². The first-order valence-electron chi connectivity index (χ1n) is 7.69. The normalized spacial score (nSPS) is 19.2. The van der Waals surface area contributed by atoms with E-state index in [4.69, 9.17) is 19.9 Å². The van der Waals surface area contributed by atoms with Gasteiger partial charge in [-0.1, -0.05) is 13.8 Å². The molecule has 0 radical (unpaired) electrons. The largest absolute Gasteiger partial charge is 0.493 e. The van der Waals surface area contributed by atoms with Gasteiger partial charge in [-0.2, -0.15) is 0 Å². The lowest BCUT2D eigenvalue weighted by Gasteiger charge is -2.42. The van der Waals surface area contributed by atoms with Gasteiger partial charge in [0.2, 0.25) is 5.75 Å².